The van der Waals surface area contributed by atoms with Crippen LogP contribution in [-0.2, 0) is 12.8 Å². The largest absolute Gasteiger partial charge is 0.387 e. The second-order valence-corrected chi connectivity index (χ2v) is 6.88. The zero-order valence-corrected chi connectivity index (χ0v) is 15.2. The molecule has 0 saturated heterocycles. The molecule has 0 unspecified atom stereocenters. The van der Waals surface area contributed by atoms with Crippen molar-refractivity contribution in [1.82, 2.24) is 15.3 Å². The molecule has 0 saturated carbocycles. The molecule has 25 heavy (non-hydrogen) atoms. The first-order valence-electron chi connectivity index (χ1n) is 8.58. The summed E-state index contributed by atoms with van der Waals surface area (Å²) in [5.41, 5.74) is 4.35. The summed E-state index contributed by atoms with van der Waals surface area (Å²) in [4.78, 5) is 8.66. The topological polar surface area (TPSA) is 58.0 Å². The molecule has 1 atom stereocenters. The van der Waals surface area contributed by atoms with Gasteiger partial charge in [0.25, 0.3) is 0 Å². The Kier molecular flexibility index (Phi) is 6.28. The number of benzene rings is 1. The lowest BCUT2D eigenvalue weighted by Crippen LogP contribution is -2.23. The van der Waals surface area contributed by atoms with E-state index in [-0.39, 0.29) is 0 Å². The molecule has 5 heteroatoms. The SMILES string of the molecule is CCc1nc(-c2ccc(CCNC[C@H](O)c3cccnc3)cc2)cs1. The van der Waals surface area contributed by atoms with E-state index in [0.29, 0.717) is 6.54 Å². The number of hydrogen-bond acceptors (Lipinski definition) is 5. The van der Waals surface area contributed by atoms with Crippen molar-refractivity contribution in [2.45, 2.75) is 25.9 Å². The van der Waals surface area contributed by atoms with Crippen molar-refractivity contribution in [3.8, 4) is 11.3 Å². The molecule has 0 aliphatic carbocycles. The number of hydrogen-bond donors (Lipinski definition) is 2. The highest BCUT2D eigenvalue weighted by atomic mass is 32.1. The molecule has 130 valence electrons. The van der Waals surface area contributed by atoms with Gasteiger partial charge in [0.2, 0.25) is 0 Å². The third kappa shape index (κ3) is 4.95. The van der Waals surface area contributed by atoms with Gasteiger partial charge < -0.3 is 10.4 Å². The third-order valence-electron chi connectivity index (χ3n) is 4.10. The van der Waals surface area contributed by atoms with Gasteiger partial charge in [0.05, 0.1) is 16.8 Å². The minimum atomic E-state index is -0.520. The quantitative estimate of drug-likeness (QED) is 0.607. The Labute approximate surface area is 152 Å². The zero-order chi connectivity index (χ0) is 17.5. The van der Waals surface area contributed by atoms with Gasteiger partial charge >= 0.3 is 0 Å². The summed E-state index contributed by atoms with van der Waals surface area (Å²) >= 11 is 1.72. The molecule has 0 spiro atoms. The summed E-state index contributed by atoms with van der Waals surface area (Å²) in [7, 11) is 0. The van der Waals surface area contributed by atoms with Crippen molar-refractivity contribution in [1.29, 1.82) is 0 Å². The van der Waals surface area contributed by atoms with Crippen LogP contribution in [0.25, 0.3) is 11.3 Å². The Morgan fingerprint density at radius 2 is 2.04 bits per heavy atom. The zero-order valence-electron chi connectivity index (χ0n) is 14.4. The van der Waals surface area contributed by atoms with Crippen LogP contribution in [0, 0.1) is 0 Å². The van der Waals surface area contributed by atoms with Crippen molar-refractivity contribution in [2.75, 3.05) is 13.1 Å². The molecule has 2 aromatic heterocycles. The Morgan fingerprint density at radius 3 is 2.72 bits per heavy atom. The van der Waals surface area contributed by atoms with Crippen LogP contribution in [0.3, 0.4) is 0 Å². The summed E-state index contributed by atoms with van der Waals surface area (Å²) < 4.78 is 0. The summed E-state index contributed by atoms with van der Waals surface area (Å²) in [6, 6.07) is 12.3. The van der Waals surface area contributed by atoms with Gasteiger partial charge in [0.15, 0.2) is 0 Å². The van der Waals surface area contributed by atoms with Gasteiger partial charge in [0.1, 0.15) is 0 Å². The maximum Gasteiger partial charge on any atom is 0.0929 e. The minimum absolute atomic E-state index is 0.520. The molecule has 0 bridgehead atoms. The molecule has 3 rings (SSSR count). The molecule has 2 N–H and O–H groups in total. The van der Waals surface area contributed by atoms with Crippen LogP contribution in [0.1, 0.15) is 29.2 Å². The summed E-state index contributed by atoms with van der Waals surface area (Å²) in [5, 5.41) is 16.7. The summed E-state index contributed by atoms with van der Waals surface area (Å²) in [6.07, 6.45) is 4.81. The van der Waals surface area contributed by atoms with Crippen molar-refractivity contribution in [3.05, 3.63) is 70.3 Å². The van der Waals surface area contributed by atoms with Crippen LogP contribution >= 0.6 is 11.3 Å². The van der Waals surface area contributed by atoms with Gasteiger partial charge in [-0.05, 0) is 31.0 Å². The number of rotatable bonds is 8. The fourth-order valence-corrected chi connectivity index (χ4v) is 3.36. The lowest BCUT2D eigenvalue weighted by atomic mass is 10.1. The first-order valence-corrected chi connectivity index (χ1v) is 9.46. The van der Waals surface area contributed by atoms with Crippen LogP contribution in [0.15, 0.2) is 54.2 Å². The van der Waals surface area contributed by atoms with Crippen LogP contribution < -0.4 is 5.32 Å². The number of thiazole rings is 1. The fourth-order valence-electron chi connectivity index (χ4n) is 2.61. The second-order valence-electron chi connectivity index (χ2n) is 5.93. The van der Waals surface area contributed by atoms with Crippen LogP contribution in [0.5, 0.6) is 0 Å². The lowest BCUT2D eigenvalue weighted by molar-refractivity contribution is 0.174. The molecule has 3 aromatic rings. The van der Waals surface area contributed by atoms with E-state index in [4.69, 9.17) is 0 Å². The predicted molar refractivity (Wildman–Crippen MR) is 103 cm³/mol. The average Bonchev–Trinajstić information content (AvgIpc) is 3.15. The number of aromatic nitrogens is 2. The first-order chi connectivity index (χ1) is 12.3. The van der Waals surface area contributed by atoms with E-state index in [1.165, 1.54) is 16.1 Å². The third-order valence-corrected chi connectivity index (χ3v) is 5.09. The van der Waals surface area contributed by atoms with Crippen molar-refractivity contribution >= 4 is 11.3 Å². The number of aliphatic hydroxyl groups is 1. The van der Waals surface area contributed by atoms with E-state index < -0.39 is 6.10 Å². The predicted octanol–water partition coefficient (Wildman–Crippen LogP) is 3.63. The Hall–Kier alpha value is -2.08. The smallest absolute Gasteiger partial charge is 0.0929 e. The second kappa shape index (κ2) is 8.85. The lowest BCUT2D eigenvalue weighted by Gasteiger charge is -2.11. The van der Waals surface area contributed by atoms with E-state index in [0.717, 1.165) is 30.6 Å². The van der Waals surface area contributed by atoms with Gasteiger partial charge in [-0.2, -0.15) is 0 Å². The van der Waals surface area contributed by atoms with Gasteiger partial charge in [-0.25, -0.2) is 4.98 Å². The number of nitrogens with one attached hydrogen (secondary N) is 1. The van der Waals surface area contributed by atoms with Crippen LogP contribution in [-0.4, -0.2) is 28.2 Å². The van der Waals surface area contributed by atoms with E-state index in [2.05, 4.69) is 51.9 Å². The minimum Gasteiger partial charge on any atom is -0.387 e. The number of aliphatic hydroxyl groups excluding tert-OH is 1. The highest BCUT2D eigenvalue weighted by Crippen LogP contribution is 2.22. The maximum atomic E-state index is 10.1. The van der Waals surface area contributed by atoms with Gasteiger partial charge in [-0.15, -0.1) is 11.3 Å². The van der Waals surface area contributed by atoms with Gasteiger partial charge in [-0.1, -0.05) is 37.3 Å². The Balaban J connectivity index is 1.46. The molecular weight excluding hydrogens is 330 g/mol. The molecule has 0 fully saturated rings. The molecule has 0 amide bonds. The monoisotopic (exact) mass is 353 g/mol. The summed E-state index contributed by atoms with van der Waals surface area (Å²) in [5.74, 6) is 0. The Morgan fingerprint density at radius 1 is 1.20 bits per heavy atom. The molecule has 2 heterocycles. The van der Waals surface area contributed by atoms with E-state index in [1.54, 1.807) is 23.7 Å². The first kappa shape index (κ1) is 17.7. The number of pyridine rings is 1. The molecular formula is C20H23N3OS. The molecule has 0 aliphatic heterocycles. The highest BCUT2D eigenvalue weighted by molar-refractivity contribution is 7.09. The van der Waals surface area contributed by atoms with Crippen LogP contribution in [0.2, 0.25) is 0 Å². The van der Waals surface area contributed by atoms with Crippen molar-refractivity contribution in [2.24, 2.45) is 0 Å². The maximum absolute atomic E-state index is 10.1. The fraction of sp³-hybridized carbons (Fsp3) is 0.300. The molecule has 1 aromatic carbocycles. The van der Waals surface area contributed by atoms with E-state index in [9.17, 15) is 5.11 Å². The normalized spacial score (nSPS) is 12.2. The molecule has 4 nitrogen and oxygen atoms in total. The van der Waals surface area contributed by atoms with E-state index in [1.807, 2.05) is 12.1 Å². The van der Waals surface area contributed by atoms with Crippen LogP contribution in [0.4, 0.5) is 0 Å². The van der Waals surface area contributed by atoms with Gasteiger partial charge in [0, 0.05) is 35.4 Å². The van der Waals surface area contributed by atoms with Gasteiger partial charge in [-0.3, -0.25) is 4.98 Å². The number of nitrogens with zero attached hydrogens (tertiary/aromatic N) is 2. The standard InChI is InChI=1S/C20H23N3OS/c1-2-20-23-18(14-25-20)16-7-5-15(6-8-16)9-11-22-13-19(24)17-4-3-10-21-12-17/h3-8,10,12,14,19,22,24H,2,9,11,13H2,1H3/t19-/m0/s1. The number of aryl methyl sites for hydroxylation is 1. The Bertz CT molecular complexity index is 771. The summed E-state index contributed by atoms with van der Waals surface area (Å²) in [6.45, 7) is 3.49. The van der Waals surface area contributed by atoms with Crippen molar-refractivity contribution < 1.29 is 5.11 Å². The van der Waals surface area contributed by atoms with E-state index >= 15 is 0 Å². The molecule has 0 aliphatic rings. The molecule has 0 radical (unpaired) electrons. The highest BCUT2D eigenvalue weighted by Gasteiger charge is 2.07. The average molecular weight is 353 g/mol. The van der Waals surface area contributed by atoms with Crippen molar-refractivity contribution in [3.63, 3.8) is 0 Å².